The molecule has 1 fully saturated rings. The van der Waals surface area contributed by atoms with E-state index in [1.54, 1.807) is 11.8 Å². The number of alkyl halides is 1. The fraction of sp³-hybridized carbons (Fsp3) is 0.857. The minimum atomic E-state index is -1.41. The summed E-state index contributed by atoms with van der Waals surface area (Å²) in [6.45, 7) is 2.90. The van der Waals surface area contributed by atoms with E-state index in [0.717, 1.165) is 0 Å². The Morgan fingerprint density at radius 1 is 1.64 bits per heavy atom. The topological polar surface area (TPSA) is 29.4 Å². The maximum absolute atomic E-state index is 13.4. The van der Waals surface area contributed by atoms with Gasteiger partial charge in [0.05, 0.1) is 0 Å². The molecule has 0 saturated carbocycles. The van der Waals surface area contributed by atoms with Crippen molar-refractivity contribution >= 4 is 17.8 Å². The third-order valence-electron chi connectivity index (χ3n) is 2.05. The molecule has 0 atom stereocenters. The fourth-order valence-corrected chi connectivity index (χ4v) is 2.33. The highest BCUT2D eigenvalue weighted by atomic mass is 32.2. The van der Waals surface area contributed by atoms with Gasteiger partial charge in [-0.2, -0.15) is 16.8 Å². The zero-order valence-electron chi connectivity index (χ0n) is 6.56. The van der Waals surface area contributed by atoms with Crippen molar-refractivity contribution in [2.24, 2.45) is 4.99 Å². The highest BCUT2D eigenvalue weighted by Crippen LogP contribution is 2.43. The van der Waals surface area contributed by atoms with Crippen LogP contribution < -0.4 is 0 Å². The molecule has 0 aliphatic carbocycles. The van der Waals surface area contributed by atoms with Gasteiger partial charge in [0, 0.05) is 11.5 Å². The van der Waals surface area contributed by atoms with Crippen molar-refractivity contribution < 1.29 is 9.18 Å². The van der Waals surface area contributed by atoms with Gasteiger partial charge in [0.1, 0.15) is 11.2 Å². The number of hydrogen-bond donors (Lipinski definition) is 0. The lowest BCUT2D eigenvalue weighted by atomic mass is 9.87. The second-order valence-electron chi connectivity index (χ2n) is 3.20. The summed E-state index contributed by atoms with van der Waals surface area (Å²) in [5, 5.41) is 0. The standard InChI is InChI=1S/C7H10FNOS/c1-6(2,8)7(9-5-10)3-11-4-7/h3-4H2,1-2H3. The Kier molecular flexibility index (Phi) is 2.08. The first kappa shape index (κ1) is 8.75. The molecule has 0 aromatic heterocycles. The number of hydrogen-bond acceptors (Lipinski definition) is 3. The molecule has 62 valence electrons. The van der Waals surface area contributed by atoms with E-state index in [-0.39, 0.29) is 0 Å². The summed E-state index contributed by atoms with van der Waals surface area (Å²) in [5.74, 6) is 1.18. The average molecular weight is 175 g/mol. The van der Waals surface area contributed by atoms with Gasteiger partial charge in [-0.25, -0.2) is 9.18 Å². The van der Waals surface area contributed by atoms with Crippen LogP contribution in [-0.4, -0.2) is 28.8 Å². The van der Waals surface area contributed by atoms with Crippen molar-refractivity contribution in [1.82, 2.24) is 0 Å². The Labute approximate surface area is 69.3 Å². The molecule has 1 rings (SSSR count). The fourth-order valence-electron chi connectivity index (χ4n) is 0.923. The van der Waals surface area contributed by atoms with Gasteiger partial charge in [0.15, 0.2) is 0 Å². The first-order valence-corrected chi connectivity index (χ1v) is 4.53. The molecule has 11 heavy (non-hydrogen) atoms. The molecule has 1 saturated heterocycles. The normalized spacial score (nSPS) is 21.7. The maximum Gasteiger partial charge on any atom is 0.235 e. The summed E-state index contributed by atoms with van der Waals surface area (Å²) in [6.07, 6.45) is 1.44. The van der Waals surface area contributed by atoms with Crippen LogP contribution in [0.2, 0.25) is 0 Å². The van der Waals surface area contributed by atoms with Gasteiger partial charge >= 0.3 is 0 Å². The highest BCUT2D eigenvalue weighted by molar-refractivity contribution is 8.00. The van der Waals surface area contributed by atoms with Crippen molar-refractivity contribution in [3.05, 3.63) is 0 Å². The maximum atomic E-state index is 13.4. The molecular formula is C7H10FNOS. The summed E-state index contributed by atoms with van der Waals surface area (Å²) in [7, 11) is 0. The molecule has 2 nitrogen and oxygen atoms in total. The summed E-state index contributed by atoms with van der Waals surface area (Å²) in [4.78, 5) is 13.5. The quantitative estimate of drug-likeness (QED) is 0.471. The predicted molar refractivity (Wildman–Crippen MR) is 43.4 cm³/mol. The minimum Gasteiger partial charge on any atom is -0.242 e. The zero-order valence-corrected chi connectivity index (χ0v) is 7.37. The monoisotopic (exact) mass is 175 g/mol. The van der Waals surface area contributed by atoms with Gasteiger partial charge < -0.3 is 0 Å². The number of rotatable bonds is 2. The molecule has 1 aliphatic heterocycles. The van der Waals surface area contributed by atoms with Crippen molar-refractivity contribution in [2.45, 2.75) is 25.1 Å². The van der Waals surface area contributed by atoms with E-state index in [0.29, 0.717) is 11.5 Å². The largest absolute Gasteiger partial charge is 0.242 e. The van der Waals surface area contributed by atoms with Crippen LogP contribution in [0.4, 0.5) is 4.39 Å². The predicted octanol–water partition coefficient (Wildman–Crippen LogP) is 1.56. The first-order chi connectivity index (χ1) is 5.02. The highest BCUT2D eigenvalue weighted by Gasteiger charge is 2.51. The SMILES string of the molecule is CC(C)(F)C1(N=C=O)CSC1. The summed E-state index contributed by atoms with van der Waals surface area (Å²) in [6, 6.07) is 0. The number of nitrogens with zero attached hydrogens (tertiary/aromatic N) is 1. The van der Waals surface area contributed by atoms with Gasteiger partial charge in [0.25, 0.3) is 0 Å². The second-order valence-corrected chi connectivity index (χ2v) is 4.19. The lowest BCUT2D eigenvalue weighted by molar-refractivity contribution is 0.120. The van der Waals surface area contributed by atoms with E-state index < -0.39 is 11.2 Å². The molecule has 0 amide bonds. The Morgan fingerprint density at radius 2 is 2.18 bits per heavy atom. The molecule has 0 spiro atoms. The molecule has 0 radical (unpaired) electrons. The van der Waals surface area contributed by atoms with E-state index in [4.69, 9.17) is 0 Å². The zero-order chi connectivity index (χ0) is 8.54. The van der Waals surface area contributed by atoms with Crippen LogP contribution in [0.25, 0.3) is 0 Å². The molecule has 0 bridgehead atoms. The van der Waals surface area contributed by atoms with Crippen LogP contribution in [0.5, 0.6) is 0 Å². The Bertz CT molecular complexity index is 201. The average Bonchev–Trinajstić information content (AvgIpc) is 1.75. The number of thioether (sulfide) groups is 1. The summed E-state index contributed by atoms with van der Waals surface area (Å²) < 4.78 is 13.4. The molecule has 0 aromatic carbocycles. The van der Waals surface area contributed by atoms with Gasteiger partial charge in [-0.1, -0.05) is 0 Å². The van der Waals surface area contributed by atoms with E-state index in [9.17, 15) is 9.18 Å². The molecule has 1 aliphatic rings. The van der Waals surface area contributed by atoms with E-state index in [2.05, 4.69) is 4.99 Å². The van der Waals surface area contributed by atoms with Crippen LogP contribution >= 0.6 is 11.8 Å². The lowest BCUT2D eigenvalue weighted by Gasteiger charge is -2.43. The number of halogens is 1. The number of isocyanates is 1. The summed E-state index contributed by atoms with van der Waals surface area (Å²) >= 11 is 1.60. The molecular weight excluding hydrogens is 165 g/mol. The van der Waals surface area contributed by atoms with E-state index in [1.807, 2.05) is 0 Å². The minimum absolute atomic E-state index is 0.589. The Morgan fingerprint density at radius 3 is 2.27 bits per heavy atom. The van der Waals surface area contributed by atoms with Gasteiger partial charge in [-0.3, -0.25) is 0 Å². The Balaban J connectivity index is 2.84. The first-order valence-electron chi connectivity index (χ1n) is 3.37. The van der Waals surface area contributed by atoms with E-state index >= 15 is 0 Å². The van der Waals surface area contributed by atoms with Crippen molar-refractivity contribution in [3.63, 3.8) is 0 Å². The second kappa shape index (κ2) is 2.61. The smallest absolute Gasteiger partial charge is 0.235 e. The van der Waals surface area contributed by atoms with Crippen LogP contribution in [0.1, 0.15) is 13.8 Å². The number of aliphatic imine (C=N–C) groups is 1. The van der Waals surface area contributed by atoms with Crippen LogP contribution in [0, 0.1) is 0 Å². The van der Waals surface area contributed by atoms with Gasteiger partial charge in [-0.15, -0.1) is 0 Å². The van der Waals surface area contributed by atoms with Crippen LogP contribution in [0.3, 0.4) is 0 Å². The molecule has 0 N–H and O–H groups in total. The molecule has 4 heteroatoms. The summed E-state index contributed by atoms with van der Waals surface area (Å²) in [5.41, 5.74) is -2.20. The van der Waals surface area contributed by atoms with E-state index in [1.165, 1.54) is 19.9 Å². The molecule has 1 heterocycles. The third kappa shape index (κ3) is 1.33. The van der Waals surface area contributed by atoms with Crippen molar-refractivity contribution in [3.8, 4) is 0 Å². The van der Waals surface area contributed by atoms with Crippen molar-refractivity contribution in [2.75, 3.05) is 11.5 Å². The van der Waals surface area contributed by atoms with Gasteiger partial charge in [0.2, 0.25) is 6.08 Å². The van der Waals surface area contributed by atoms with Crippen LogP contribution in [-0.2, 0) is 4.79 Å². The Hall–Kier alpha value is -0.340. The molecule has 0 unspecified atom stereocenters. The number of carbonyl (C=O) groups excluding carboxylic acids is 1. The molecule has 0 aromatic rings. The van der Waals surface area contributed by atoms with Crippen LogP contribution in [0.15, 0.2) is 4.99 Å². The van der Waals surface area contributed by atoms with Gasteiger partial charge in [-0.05, 0) is 13.8 Å². The third-order valence-corrected chi connectivity index (χ3v) is 3.41. The lowest BCUT2D eigenvalue weighted by Crippen LogP contribution is -2.55. The van der Waals surface area contributed by atoms with Crippen molar-refractivity contribution in [1.29, 1.82) is 0 Å².